The number of aromatic nitrogens is 2. The molecule has 0 saturated carbocycles. The molecule has 1 aromatic heterocycles. The van der Waals surface area contributed by atoms with Crippen molar-refractivity contribution >= 4 is 0 Å². The summed E-state index contributed by atoms with van der Waals surface area (Å²) in [5.74, 6) is 0.703. The molecule has 1 heterocycles. The molecular formula is C13H15N3O. The SMILES string of the molecule is CNCc1cc(=O)[nH]c(Cc2ccccc2)n1. The molecule has 0 aliphatic rings. The summed E-state index contributed by atoms with van der Waals surface area (Å²) in [7, 11) is 1.83. The van der Waals surface area contributed by atoms with Crippen LogP contribution in [0.3, 0.4) is 0 Å². The van der Waals surface area contributed by atoms with E-state index in [1.807, 2.05) is 37.4 Å². The third-order valence-electron chi connectivity index (χ3n) is 2.42. The predicted octanol–water partition coefficient (Wildman–Crippen LogP) is 1.08. The fraction of sp³-hybridized carbons (Fsp3) is 0.231. The van der Waals surface area contributed by atoms with Crippen LogP contribution in [0, 0.1) is 0 Å². The Morgan fingerprint density at radius 1 is 1.29 bits per heavy atom. The minimum atomic E-state index is -0.101. The van der Waals surface area contributed by atoms with E-state index in [4.69, 9.17) is 0 Å². The number of aromatic amines is 1. The summed E-state index contributed by atoms with van der Waals surface area (Å²) in [6, 6.07) is 11.5. The Hall–Kier alpha value is -1.94. The first-order valence-electron chi connectivity index (χ1n) is 5.55. The highest BCUT2D eigenvalue weighted by Crippen LogP contribution is 2.04. The van der Waals surface area contributed by atoms with Gasteiger partial charge in [-0.15, -0.1) is 0 Å². The van der Waals surface area contributed by atoms with Crippen LogP contribution in [0.5, 0.6) is 0 Å². The molecule has 2 N–H and O–H groups in total. The lowest BCUT2D eigenvalue weighted by Gasteiger charge is -2.04. The summed E-state index contributed by atoms with van der Waals surface area (Å²) < 4.78 is 0. The van der Waals surface area contributed by atoms with E-state index in [-0.39, 0.29) is 5.56 Å². The van der Waals surface area contributed by atoms with Gasteiger partial charge in [-0.25, -0.2) is 4.98 Å². The molecule has 1 aromatic carbocycles. The van der Waals surface area contributed by atoms with Gasteiger partial charge in [-0.3, -0.25) is 4.79 Å². The van der Waals surface area contributed by atoms with Crippen LogP contribution in [0.1, 0.15) is 17.1 Å². The van der Waals surface area contributed by atoms with Gasteiger partial charge in [-0.1, -0.05) is 30.3 Å². The summed E-state index contributed by atoms with van der Waals surface area (Å²) in [4.78, 5) is 18.6. The lowest BCUT2D eigenvalue weighted by molar-refractivity contribution is 0.767. The van der Waals surface area contributed by atoms with E-state index in [0.717, 1.165) is 11.3 Å². The van der Waals surface area contributed by atoms with Crippen molar-refractivity contribution in [3.05, 3.63) is 63.8 Å². The van der Waals surface area contributed by atoms with Crippen molar-refractivity contribution in [2.45, 2.75) is 13.0 Å². The van der Waals surface area contributed by atoms with Crippen molar-refractivity contribution in [3.8, 4) is 0 Å². The number of benzene rings is 1. The zero-order valence-corrected chi connectivity index (χ0v) is 9.73. The van der Waals surface area contributed by atoms with E-state index in [2.05, 4.69) is 15.3 Å². The maximum absolute atomic E-state index is 11.5. The summed E-state index contributed by atoms with van der Waals surface area (Å²) in [5, 5.41) is 2.99. The van der Waals surface area contributed by atoms with Gasteiger partial charge in [-0.2, -0.15) is 0 Å². The molecule has 0 unspecified atom stereocenters. The van der Waals surface area contributed by atoms with Gasteiger partial charge in [0.25, 0.3) is 5.56 Å². The molecule has 0 aliphatic heterocycles. The van der Waals surface area contributed by atoms with Crippen LogP contribution in [0.4, 0.5) is 0 Å². The first-order valence-corrected chi connectivity index (χ1v) is 5.55. The van der Waals surface area contributed by atoms with Crippen molar-refractivity contribution in [2.75, 3.05) is 7.05 Å². The second-order valence-corrected chi connectivity index (χ2v) is 3.88. The summed E-state index contributed by atoms with van der Waals surface area (Å²) in [6.07, 6.45) is 0.646. The van der Waals surface area contributed by atoms with Crippen LogP contribution in [0.2, 0.25) is 0 Å². The third kappa shape index (κ3) is 3.26. The molecule has 0 spiro atoms. The molecule has 2 aromatic rings. The van der Waals surface area contributed by atoms with Crippen molar-refractivity contribution in [3.63, 3.8) is 0 Å². The Balaban J connectivity index is 2.24. The topological polar surface area (TPSA) is 57.8 Å². The summed E-state index contributed by atoms with van der Waals surface area (Å²) in [6.45, 7) is 0.603. The maximum Gasteiger partial charge on any atom is 0.251 e. The van der Waals surface area contributed by atoms with Gasteiger partial charge in [0, 0.05) is 19.0 Å². The monoisotopic (exact) mass is 229 g/mol. The molecule has 0 amide bonds. The molecule has 88 valence electrons. The molecule has 0 atom stereocenters. The number of rotatable bonds is 4. The van der Waals surface area contributed by atoms with Crippen molar-refractivity contribution in [1.82, 2.24) is 15.3 Å². The van der Waals surface area contributed by atoms with Crippen LogP contribution < -0.4 is 10.9 Å². The lowest BCUT2D eigenvalue weighted by Crippen LogP contribution is -2.16. The average molecular weight is 229 g/mol. The molecule has 2 rings (SSSR count). The molecule has 0 aliphatic carbocycles. The van der Waals surface area contributed by atoms with E-state index >= 15 is 0 Å². The van der Waals surface area contributed by atoms with Crippen LogP contribution in [-0.2, 0) is 13.0 Å². The van der Waals surface area contributed by atoms with E-state index < -0.39 is 0 Å². The fourth-order valence-corrected chi connectivity index (χ4v) is 1.71. The van der Waals surface area contributed by atoms with E-state index in [9.17, 15) is 4.79 Å². The quantitative estimate of drug-likeness (QED) is 0.824. The third-order valence-corrected chi connectivity index (χ3v) is 2.42. The van der Waals surface area contributed by atoms with Gasteiger partial charge in [0.05, 0.1) is 5.69 Å². The highest BCUT2D eigenvalue weighted by atomic mass is 16.1. The van der Waals surface area contributed by atoms with Crippen molar-refractivity contribution < 1.29 is 0 Å². The number of nitrogens with zero attached hydrogens (tertiary/aromatic N) is 1. The van der Waals surface area contributed by atoms with Crippen LogP contribution in [0.15, 0.2) is 41.2 Å². The molecule has 17 heavy (non-hydrogen) atoms. The first kappa shape index (κ1) is 11.5. The second-order valence-electron chi connectivity index (χ2n) is 3.88. The van der Waals surface area contributed by atoms with Crippen molar-refractivity contribution in [1.29, 1.82) is 0 Å². The Kier molecular flexibility index (Phi) is 3.67. The van der Waals surface area contributed by atoms with Crippen LogP contribution in [-0.4, -0.2) is 17.0 Å². The normalized spacial score (nSPS) is 10.4. The molecule has 4 heteroatoms. The first-order chi connectivity index (χ1) is 8.28. The zero-order valence-electron chi connectivity index (χ0n) is 9.73. The standard InChI is InChI=1S/C13H15N3O/c1-14-9-11-8-13(17)16-12(15-11)7-10-5-3-2-4-6-10/h2-6,8,14H,7,9H2,1H3,(H,15,16,17). The van der Waals surface area contributed by atoms with Gasteiger partial charge in [0.2, 0.25) is 0 Å². The largest absolute Gasteiger partial charge is 0.314 e. The Bertz CT molecular complexity index is 534. The summed E-state index contributed by atoms with van der Waals surface area (Å²) in [5.41, 5.74) is 1.80. The minimum absolute atomic E-state index is 0.101. The number of hydrogen-bond donors (Lipinski definition) is 2. The number of hydrogen-bond acceptors (Lipinski definition) is 3. The van der Waals surface area contributed by atoms with Gasteiger partial charge in [-0.05, 0) is 12.6 Å². The van der Waals surface area contributed by atoms with Gasteiger partial charge in [0.15, 0.2) is 0 Å². The number of H-pyrrole nitrogens is 1. The van der Waals surface area contributed by atoms with E-state index in [1.54, 1.807) is 0 Å². The molecular weight excluding hydrogens is 214 g/mol. The number of nitrogens with one attached hydrogen (secondary N) is 2. The predicted molar refractivity (Wildman–Crippen MR) is 66.9 cm³/mol. The van der Waals surface area contributed by atoms with Gasteiger partial charge < -0.3 is 10.3 Å². The molecule has 0 radical (unpaired) electrons. The fourth-order valence-electron chi connectivity index (χ4n) is 1.71. The Morgan fingerprint density at radius 2 is 2.06 bits per heavy atom. The molecule has 0 saturated heterocycles. The van der Waals surface area contributed by atoms with Gasteiger partial charge >= 0.3 is 0 Å². The highest BCUT2D eigenvalue weighted by Gasteiger charge is 2.01. The Morgan fingerprint density at radius 3 is 2.76 bits per heavy atom. The zero-order chi connectivity index (χ0) is 12.1. The average Bonchev–Trinajstić information content (AvgIpc) is 2.30. The molecule has 0 fully saturated rings. The molecule has 0 bridgehead atoms. The second kappa shape index (κ2) is 5.41. The van der Waals surface area contributed by atoms with E-state index in [1.165, 1.54) is 6.07 Å². The molecule has 4 nitrogen and oxygen atoms in total. The summed E-state index contributed by atoms with van der Waals surface area (Å²) >= 11 is 0. The Labute approximate surface area is 99.7 Å². The highest BCUT2D eigenvalue weighted by molar-refractivity contribution is 5.19. The smallest absolute Gasteiger partial charge is 0.251 e. The van der Waals surface area contributed by atoms with Gasteiger partial charge in [0.1, 0.15) is 5.82 Å². The minimum Gasteiger partial charge on any atom is -0.314 e. The maximum atomic E-state index is 11.5. The van der Waals surface area contributed by atoms with Crippen LogP contribution >= 0.6 is 0 Å². The van der Waals surface area contributed by atoms with E-state index in [0.29, 0.717) is 18.8 Å². The van der Waals surface area contributed by atoms with Crippen LogP contribution in [0.25, 0.3) is 0 Å². The lowest BCUT2D eigenvalue weighted by atomic mass is 10.1. The van der Waals surface area contributed by atoms with Crippen molar-refractivity contribution in [2.24, 2.45) is 0 Å².